The van der Waals surface area contributed by atoms with Crippen molar-refractivity contribution in [2.24, 2.45) is 11.8 Å². The maximum absolute atomic E-state index is 10.6. The first kappa shape index (κ1) is 23.9. The van der Waals surface area contributed by atoms with Gasteiger partial charge in [0, 0.05) is 12.3 Å². The number of aliphatic hydroxyl groups is 3. The molecule has 0 aromatic heterocycles. The van der Waals surface area contributed by atoms with Crippen LogP contribution >= 0.6 is 0 Å². The Morgan fingerprint density at radius 3 is 2.70 bits per heavy atom. The van der Waals surface area contributed by atoms with Gasteiger partial charge in [-0.1, -0.05) is 63.3 Å². The molecule has 0 spiro atoms. The first-order chi connectivity index (χ1) is 13.1. The van der Waals surface area contributed by atoms with E-state index in [9.17, 15) is 10.2 Å². The summed E-state index contributed by atoms with van der Waals surface area (Å²) >= 11 is 0. The second-order valence-electron chi connectivity index (χ2n) is 7.68. The van der Waals surface area contributed by atoms with E-state index in [-0.39, 0.29) is 24.0 Å². The zero-order valence-electron chi connectivity index (χ0n) is 17.0. The summed E-state index contributed by atoms with van der Waals surface area (Å²) in [5, 5.41) is 29.5. The Labute approximate surface area is 165 Å². The third-order valence-corrected chi connectivity index (χ3v) is 5.49. The lowest BCUT2D eigenvalue weighted by Gasteiger charge is -2.23. The summed E-state index contributed by atoms with van der Waals surface area (Å²) in [5.74, 6) is 0.311. The molecule has 0 aromatic carbocycles. The number of allylic oxidation sites excluding steroid dienone is 1. The van der Waals surface area contributed by atoms with Gasteiger partial charge in [0.15, 0.2) is 0 Å². The quantitative estimate of drug-likeness (QED) is 0.211. The average molecular weight is 381 g/mol. The van der Waals surface area contributed by atoms with Gasteiger partial charge in [-0.25, -0.2) is 0 Å². The van der Waals surface area contributed by atoms with Crippen molar-refractivity contribution in [2.45, 2.75) is 89.4 Å². The molecule has 0 heterocycles. The minimum atomic E-state index is -0.416. The van der Waals surface area contributed by atoms with Gasteiger partial charge in [0.05, 0.1) is 31.2 Å². The molecule has 5 unspecified atom stereocenters. The smallest absolute Gasteiger partial charge is 0.0751 e. The summed E-state index contributed by atoms with van der Waals surface area (Å²) in [4.78, 5) is 0. The van der Waals surface area contributed by atoms with Crippen LogP contribution in [0.25, 0.3) is 0 Å². The lowest BCUT2D eigenvalue weighted by Crippen LogP contribution is -2.23. The first-order valence-corrected chi connectivity index (χ1v) is 10.7. The summed E-state index contributed by atoms with van der Waals surface area (Å²) in [7, 11) is 0. The van der Waals surface area contributed by atoms with Gasteiger partial charge < -0.3 is 20.1 Å². The fraction of sp³-hybridized carbons (Fsp3) is 0.739. The standard InChI is InChI=1S/C23H40O4/c1-3-5-9-12-19(25)14-15-21-20(13-10-7-6-8-11-16-24)22(26)18-23(21)27-17-4-2/h4,11,14-16,19-26H,2-3,5-10,12-13,17-18H2,1H3/b15-14+,16-11?. The summed E-state index contributed by atoms with van der Waals surface area (Å²) in [6.45, 7) is 6.37. The van der Waals surface area contributed by atoms with Crippen molar-refractivity contribution in [3.63, 3.8) is 0 Å². The van der Waals surface area contributed by atoms with E-state index in [1.54, 1.807) is 12.2 Å². The van der Waals surface area contributed by atoms with E-state index in [0.29, 0.717) is 13.0 Å². The molecule has 3 N–H and O–H groups in total. The second kappa shape index (κ2) is 14.9. The molecule has 0 radical (unpaired) electrons. The van der Waals surface area contributed by atoms with E-state index in [1.165, 1.54) is 0 Å². The molecule has 0 bridgehead atoms. The summed E-state index contributed by atoms with van der Waals surface area (Å²) in [6.07, 6.45) is 17.6. The van der Waals surface area contributed by atoms with E-state index in [1.807, 2.05) is 6.08 Å². The predicted octanol–water partition coefficient (Wildman–Crippen LogP) is 5.07. The van der Waals surface area contributed by atoms with Crippen molar-refractivity contribution in [1.82, 2.24) is 0 Å². The topological polar surface area (TPSA) is 69.9 Å². The van der Waals surface area contributed by atoms with Gasteiger partial charge in [0.25, 0.3) is 0 Å². The van der Waals surface area contributed by atoms with Gasteiger partial charge in [-0.15, -0.1) is 6.58 Å². The SMILES string of the molecule is C=CCOC1CC(O)C(CCCCCC=CO)C1/C=C/C(O)CCCCC. The van der Waals surface area contributed by atoms with Crippen LogP contribution < -0.4 is 0 Å². The highest BCUT2D eigenvalue weighted by atomic mass is 16.5. The lowest BCUT2D eigenvalue weighted by atomic mass is 9.87. The summed E-state index contributed by atoms with van der Waals surface area (Å²) < 4.78 is 5.91. The van der Waals surface area contributed by atoms with Gasteiger partial charge in [-0.3, -0.25) is 0 Å². The Balaban J connectivity index is 2.59. The summed E-state index contributed by atoms with van der Waals surface area (Å²) in [5.41, 5.74) is 0. The van der Waals surface area contributed by atoms with Crippen molar-refractivity contribution in [3.8, 4) is 0 Å². The van der Waals surface area contributed by atoms with Crippen molar-refractivity contribution in [1.29, 1.82) is 0 Å². The number of unbranched alkanes of at least 4 members (excludes halogenated alkanes) is 5. The minimum Gasteiger partial charge on any atom is -0.516 e. The molecule has 4 heteroatoms. The molecular formula is C23H40O4. The Hall–Kier alpha value is -1.10. The number of aliphatic hydroxyl groups excluding tert-OH is 3. The van der Waals surface area contributed by atoms with E-state index in [4.69, 9.17) is 9.84 Å². The molecule has 0 aromatic rings. The largest absolute Gasteiger partial charge is 0.516 e. The fourth-order valence-electron chi connectivity index (χ4n) is 3.97. The highest BCUT2D eigenvalue weighted by molar-refractivity contribution is 5.05. The van der Waals surface area contributed by atoms with Crippen LogP contribution in [0.15, 0.2) is 37.1 Å². The molecule has 1 fully saturated rings. The molecule has 0 amide bonds. The molecule has 27 heavy (non-hydrogen) atoms. The third-order valence-electron chi connectivity index (χ3n) is 5.49. The third kappa shape index (κ3) is 9.59. The van der Waals surface area contributed by atoms with Crippen molar-refractivity contribution in [3.05, 3.63) is 37.1 Å². The van der Waals surface area contributed by atoms with Crippen LogP contribution in [0, 0.1) is 11.8 Å². The van der Waals surface area contributed by atoms with Gasteiger partial charge in [0.1, 0.15) is 0 Å². The Bertz CT molecular complexity index is 432. The van der Waals surface area contributed by atoms with Gasteiger partial charge in [0.2, 0.25) is 0 Å². The number of rotatable bonds is 15. The normalized spacial score (nSPS) is 26.9. The number of ether oxygens (including phenoxy) is 1. The Kier molecular flexibility index (Phi) is 13.2. The highest BCUT2D eigenvalue weighted by Gasteiger charge is 2.41. The molecule has 4 nitrogen and oxygen atoms in total. The summed E-state index contributed by atoms with van der Waals surface area (Å²) in [6, 6.07) is 0. The molecule has 0 aliphatic heterocycles. The molecule has 5 atom stereocenters. The van der Waals surface area contributed by atoms with Crippen LogP contribution in [0.4, 0.5) is 0 Å². The molecule has 156 valence electrons. The van der Waals surface area contributed by atoms with E-state index < -0.39 is 6.10 Å². The maximum atomic E-state index is 10.6. The van der Waals surface area contributed by atoms with Crippen LogP contribution in [0.3, 0.4) is 0 Å². The monoisotopic (exact) mass is 380 g/mol. The van der Waals surface area contributed by atoms with Gasteiger partial charge in [-0.2, -0.15) is 0 Å². The van der Waals surface area contributed by atoms with Crippen molar-refractivity contribution >= 4 is 0 Å². The first-order valence-electron chi connectivity index (χ1n) is 10.7. The number of hydrogen-bond donors (Lipinski definition) is 3. The van der Waals surface area contributed by atoms with Crippen molar-refractivity contribution in [2.75, 3.05) is 6.61 Å². The molecule has 1 rings (SSSR count). The van der Waals surface area contributed by atoms with Crippen molar-refractivity contribution < 1.29 is 20.1 Å². The zero-order valence-corrected chi connectivity index (χ0v) is 17.0. The Morgan fingerprint density at radius 2 is 2.00 bits per heavy atom. The Morgan fingerprint density at radius 1 is 1.19 bits per heavy atom. The molecule has 1 saturated carbocycles. The fourth-order valence-corrected chi connectivity index (χ4v) is 3.97. The minimum absolute atomic E-state index is 0.0144. The van der Waals surface area contributed by atoms with Crippen LogP contribution in [-0.4, -0.2) is 40.2 Å². The van der Waals surface area contributed by atoms with E-state index in [2.05, 4.69) is 19.6 Å². The van der Waals surface area contributed by atoms with Gasteiger partial charge in [-0.05, 0) is 31.6 Å². The van der Waals surface area contributed by atoms with Gasteiger partial charge >= 0.3 is 0 Å². The zero-order chi connectivity index (χ0) is 19.9. The second-order valence-corrected chi connectivity index (χ2v) is 7.68. The van der Waals surface area contributed by atoms with E-state index >= 15 is 0 Å². The van der Waals surface area contributed by atoms with E-state index in [0.717, 1.165) is 64.0 Å². The van der Waals surface area contributed by atoms with Crippen LogP contribution in [0.1, 0.15) is 71.1 Å². The molecule has 0 saturated heterocycles. The predicted molar refractivity (Wildman–Crippen MR) is 112 cm³/mol. The molecular weight excluding hydrogens is 340 g/mol. The lowest BCUT2D eigenvalue weighted by molar-refractivity contribution is 0.0496. The average Bonchev–Trinajstić information content (AvgIpc) is 2.96. The van der Waals surface area contributed by atoms with Crippen LogP contribution in [-0.2, 0) is 4.74 Å². The van der Waals surface area contributed by atoms with Crippen LogP contribution in [0.2, 0.25) is 0 Å². The maximum Gasteiger partial charge on any atom is 0.0751 e. The van der Waals surface area contributed by atoms with Crippen LogP contribution in [0.5, 0.6) is 0 Å². The number of hydrogen-bond acceptors (Lipinski definition) is 4. The molecule has 1 aliphatic carbocycles. The molecule has 1 aliphatic rings. The highest BCUT2D eigenvalue weighted by Crippen LogP contribution is 2.39.